The Hall–Kier alpha value is -4.23. The van der Waals surface area contributed by atoms with Crippen molar-refractivity contribution in [2.45, 2.75) is 50.9 Å². The van der Waals surface area contributed by atoms with Gasteiger partial charge in [-0.2, -0.15) is 13.2 Å². The predicted octanol–water partition coefficient (Wildman–Crippen LogP) is 6.60. The maximum Gasteiger partial charge on any atom is 0.418 e. The molecule has 1 aliphatic carbocycles. The molecule has 4 N–H and O–H groups in total. The number of anilines is 4. The van der Waals surface area contributed by atoms with Gasteiger partial charge in [-0.1, -0.05) is 6.07 Å². The second kappa shape index (κ2) is 12.0. The fraction of sp³-hybridized carbons (Fsp3) is 0.355. The summed E-state index contributed by atoms with van der Waals surface area (Å²) in [6, 6.07) is 8.82. The van der Waals surface area contributed by atoms with E-state index in [2.05, 4.69) is 36.1 Å². The van der Waals surface area contributed by atoms with Crippen LogP contribution in [0.25, 0.3) is 10.2 Å². The number of fused-ring (bicyclic) bond motifs is 1. The molecule has 13 heteroatoms. The summed E-state index contributed by atoms with van der Waals surface area (Å²) in [4.78, 5) is 37.1. The second-order valence-electron chi connectivity index (χ2n) is 11.4. The fourth-order valence-corrected chi connectivity index (χ4v) is 6.13. The van der Waals surface area contributed by atoms with Crippen molar-refractivity contribution in [3.8, 4) is 0 Å². The van der Waals surface area contributed by atoms with E-state index in [1.165, 1.54) is 29.8 Å². The number of rotatable bonds is 8. The summed E-state index contributed by atoms with van der Waals surface area (Å²) in [5.74, 6) is -0.359. The number of nitrogens with zero attached hydrogens (tertiary/aromatic N) is 3. The number of aromatic nitrogens is 2. The average Bonchev–Trinajstić information content (AvgIpc) is 3.70. The van der Waals surface area contributed by atoms with Crippen molar-refractivity contribution in [1.29, 1.82) is 0 Å². The van der Waals surface area contributed by atoms with E-state index in [0.29, 0.717) is 34.3 Å². The van der Waals surface area contributed by atoms with Gasteiger partial charge in [-0.25, -0.2) is 9.97 Å². The molecular weight excluding hydrogens is 591 g/mol. The molecule has 1 saturated heterocycles. The number of amides is 2. The van der Waals surface area contributed by atoms with E-state index in [4.69, 9.17) is 0 Å². The van der Waals surface area contributed by atoms with Gasteiger partial charge in [0.25, 0.3) is 11.8 Å². The van der Waals surface area contributed by atoms with Crippen LogP contribution in [0.4, 0.5) is 36.1 Å². The van der Waals surface area contributed by atoms with Gasteiger partial charge in [-0.3, -0.25) is 9.59 Å². The zero-order chi connectivity index (χ0) is 31.0. The van der Waals surface area contributed by atoms with E-state index >= 15 is 0 Å². The minimum atomic E-state index is -4.64. The highest BCUT2D eigenvalue weighted by Crippen LogP contribution is 2.37. The lowest BCUT2D eigenvalue weighted by Crippen LogP contribution is -2.37. The molecule has 0 bridgehead atoms. The van der Waals surface area contributed by atoms with Crippen LogP contribution in [0.15, 0.2) is 48.1 Å². The Morgan fingerprint density at radius 3 is 2.39 bits per heavy atom. The lowest BCUT2D eigenvalue weighted by Gasteiger charge is -2.31. The van der Waals surface area contributed by atoms with Gasteiger partial charge in [0.2, 0.25) is 0 Å². The Morgan fingerprint density at radius 1 is 0.909 bits per heavy atom. The number of halogens is 3. The number of carbonyl (C=O) groups is 2. The highest BCUT2D eigenvalue weighted by molar-refractivity contribution is 7.18. The van der Waals surface area contributed by atoms with Crippen LogP contribution in [0.2, 0.25) is 0 Å². The minimum Gasteiger partial charge on any atom is -0.382 e. The van der Waals surface area contributed by atoms with Crippen LogP contribution in [0.3, 0.4) is 0 Å². The third-order valence-corrected chi connectivity index (χ3v) is 8.90. The van der Waals surface area contributed by atoms with E-state index in [9.17, 15) is 22.8 Å². The van der Waals surface area contributed by atoms with E-state index in [1.807, 2.05) is 7.05 Å². The van der Waals surface area contributed by atoms with Crippen molar-refractivity contribution in [2.75, 3.05) is 41.4 Å². The normalized spacial score (nSPS) is 16.1. The summed E-state index contributed by atoms with van der Waals surface area (Å²) < 4.78 is 42.9. The molecule has 6 rings (SSSR count). The number of hydrogen-bond acceptors (Lipinski definition) is 8. The predicted molar refractivity (Wildman–Crippen MR) is 167 cm³/mol. The maximum absolute atomic E-state index is 14.0. The second-order valence-corrected chi connectivity index (χ2v) is 12.3. The smallest absolute Gasteiger partial charge is 0.382 e. The van der Waals surface area contributed by atoms with Crippen molar-refractivity contribution in [3.63, 3.8) is 0 Å². The molecule has 2 aromatic heterocycles. The number of hydrogen-bond donors (Lipinski definition) is 4. The molecule has 1 aliphatic heterocycles. The van der Waals surface area contributed by atoms with Gasteiger partial charge in [0.05, 0.1) is 21.3 Å². The molecule has 230 valence electrons. The Balaban J connectivity index is 1.17. The topological polar surface area (TPSA) is 111 Å². The Bertz CT molecular complexity index is 1710. The molecule has 2 aromatic carbocycles. The van der Waals surface area contributed by atoms with Crippen LogP contribution < -0.4 is 21.3 Å². The Kier molecular flexibility index (Phi) is 8.16. The van der Waals surface area contributed by atoms with Crippen molar-refractivity contribution in [2.24, 2.45) is 0 Å². The summed E-state index contributed by atoms with van der Waals surface area (Å²) in [7, 11) is 1.99. The standard InChI is InChI=1S/C31H32F3N7O2S/c1-17-3-5-21(14-25(17)40-30(43)22-15-44-27-26(22)35-16-36-28(27)38-19-6-7-19)39-29(42)18-4-8-24(23(13-18)31(32,33)34)37-20-9-11-41(2)12-10-20/h3-5,8,13-16,19-20,37H,6-7,9-12H2,1-2H3,(H,39,42)(H,40,43)(H,35,36,38). The van der Waals surface area contributed by atoms with Crippen LogP contribution >= 0.6 is 11.3 Å². The van der Waals surface area contributed by atoms with Crippen LogP contribution in [0, 0.1) is 6.92 Å². The van der Waals surface area contributed by atoms with Gasteiger partial charge >= 0.3 is 6.18 Å². The highest BCUT2D eigenvalue weighted by atomic mass is 32.1. The van der Waals surface area contributed by atoms with Crippen LogP contribution in [0.1, 0.15) is 57.5 Å². The largest absolute Gasteiger partial charge is 0.418 e. The number of thiophene rings is 1. The van der Waals surface area contributed by atoms with Gasteiger partial charge in [0, 0.05) is 40.1 Å². The highest BCUT2D eigenvalue weighted by Gasteiger charge is 2.35. The molecule has 1 saturated carbocycles. The monoisotopic (exact) mass is 623 g/mol. The molecule has 3 heterocycles. The van der Waals surface area contributed by atoms with Crippen molar-refractivity contribution < 1.29 is 22.8 Å². The molecule has 0 spiro atoms. The zero-order valence-corrected chi connectivity index (χ0v) is 25.0. The number of likely N-dealkylation sites (tertiary alicyclic amines) is 1. The Morgan fingerprint density at radius 2 is 1.66 bits per heavy atom. The van der Waals surface area contributed by atoms with Gasteiger partial charge in [-0.05, 0) is 88.6 Å². The van der Waals surface area contributed by atoms with E-state index in [1.54, 1.807) is 30.5 Å². The van der Waals surface area contributed by atoms with Crippen LogP contribution in [-0.2, 0) is 6.18 Å². The van der Waals surface area contributed by atoms with E-state index in [-0.39, 0.29) is 23.2 Å². The third kappa shape index (κ3) is 6.63. The molecule has 4 aromatic rings. The summed E-state index contributed by atoms with van der Waals surface area (Å²) >= 11 is 1.38. The first kappa shape index (κ1) is 29.8. The summed E-state index contributed by atoms with van der Waals surface area (Å²) in [6.07, 6.45) is 0.424. The first-order valence-corrected chi connectivity index (χ1v) is 15.3. The molecule has 2 amide bonds. The minimum absolute atomic E-state index is 0.0365. The van der Waals surface area contributed by atoms with Crippen molar-refractivity contribution >= 4 is 56.2 Å². The quantitative estimate of drug-likeness (QED) is 0.175. The lowest BCUT2D eigenvalue weighted by atomic mass is 10.0. The number of alkyl halides is 3. The number of carbonyl (C=O) groups excluding carboxylic acids is 2. The number of benzene rings is 2. The fourth-order valence-electron chi connectivity index (χ4n) is 5.18. The summed E-state index contributed by atoms with van der Waals surface area (Å²) in [5, 5.41) is 13.7. The van der Waals surface area contributed by atoms with Crippen molar-refractivity contribution in [1.82, 2.24) is 14.9 Å². The van der Waals surface area contributed by atoms with Gasteiger partial charge in [0.15, 0.2) is 0 Å². The van der Waals surface area contributed by atoms with Gasteiger partial charge in [-0.15, -0.1) is 11.3 Å². The van der Waals surface area contributed by atoms with E-state index in [0.717, 1.165) is 55.1 Å². The molecule has 0 unspecified atom stereocenters. The number of nitrogens with one attached hydrogen (secondary N) is 4. The summed E-state index contributed by atoms with van der Waals surface area (Å²) in [5.41, 5.74) is 1.41. The molecule has 44 heavy (non-hydrogen) atoms. The Labute approximate surface area is 256 Å². The molecular formula is C31H32F3N7O2S. The third-order valence-electron chi connectivity index (χ3n) is 7.93. The molecule has 2 fully saturated rings. The van der Waals surface area contributed by atoms with Crippen LogP contribution in [0.5, 0.6) is 0 Å². The average molecular weight is 624 g/mol. The maximum atomic E-state index is 14.0. The van der Waals surface area contributed by atoms with Crippen molar-refractivity contribution in [3.05, 3.63) is 70.4 Å². The SMILES string of the molecule is Cc1ccc(NC(=O)c2ccc(NC3CCN(C)CC3)c(C(F)(F)F)c2)cc1NC(=O)c1csc2c(NC3CC3)ncnc12. The lowest BCUT2D eigenvalue weighted by molar-refractivity contribution is -0.137. The number of aryl methyl sites for hydroxylation is 1. The molecule has 0 atom stereocenters. The first-order valence-electron chi connectivity index (χ1n) is 14.4. The van der Waals surface area contributed by atoms with Gasteiger partial charge < -0.3 is 26.2 Å². The molecule has 2 aliphatic rings. The van der Waals surface area contributed by atoms with Gasteiger partial charge in [0.1, 0.15) is 12.1 Å². The van der Waals surface area contributed by atoms with E-state index < -0.39 is 17.6 Å². The first-order chi connectivity index (χ1) is 21.0. The number of piperidine rings is 1. The van der Waals surface area contributed by atoms with Crippen LogP contribution in [-0.4, -0.2) is 58.9 Å². The zero-order valence-electron chi connectivity index (χ0n) is 24.2. The molecule has 9 nitrogen and oxygen atoms in total. The summed E-state index contributed by atoms with van der Waals surface area (Å²) in [6.45, 7) is 3.41. The molecule has 0 radical (unpaired) electrons.